The summed E-state index contributed by atoms with van der Waals surface area (Å²) in [4.78, 5) is 8.75. The zero-order valence-corrected chi connectivity index (χ0v) is 16.9. The summed E-state index contributed by atoms with van der Waals surface area (Å²) in [5.41, 5.74) is 7.01. The molecule has 0 atom stereocenters. The molecule has 0 spiro atoms. The number of hydrogen-bond acceptors (Lipinski definition) is 2. The molecule has 0 aliphatic carbocycles. The first kappa shape index (κ1) is 19.3. The van der Waals surface area contributed by atoms with Crippen molar-refractivity contribution in [1.29, 1.82) is 0 Å². The lowest BCUT2D eigenvalue weighted by molar-refractivity contribution is 0.552. The molecule has 0 aliphatic rings. The number of hydrogen-bond donors (Lipinski definition) is 0. The van der Waals surface area contributed by atoms with Crippen LogP contribution in [0, 0.1) is 20.8 Å². The van der Waals surface area contributed by atoms with Crippen LogP contribution >= 0.6 is 11.6 Å². The van der Waals surface area contributed by atoms with Crippen molar-refractivity contribution in [2.45, 2.75) is 34.2 Å². The molecule has 4 heteroatoms. The molecule has 0 amide bonds. The molecule has 2 rings (SSSR count). The topological polar surface area (TPSA) is 18.8 Å². The Labute approximate surface area is 156 Å². The minimum atomic E-state index is 0.675. The molecule has 3 nitrogen and oxygen atoms in total. The summed E-state index contributed by atoms with van der Waals surface area (Å²) in [6.07, 6.45) is 1.82. The van der Waals surface area contributed by atoms with Crippen molar-refractivity contribution in [3.05, 3.63) is 57.6 Å². The maximum absolute atomic E-state index is 6.47. The Morgan fingerprint density at radius 1 is 1.00 bits per heavy atom. The minimum Gasteiger partial charge on any atom is -0.370 e. The number of benzene rings is 2. The first-order chi connectivity index (χ1) is 11.8. The summed E-state index contributed by atoms with van der Waals surface area (Å²) in [5, 5.41) is 0.675. The van der Waals surface area contributed by atoms with E-state index in [1.807, 2.05) is 24.4 Å². The molecule has 0 unspecified atom stereocenters. The second-order valence-corrected chi connectivity index (χ2v) is 7.17. The lowest BCUT2D eigenvalue weighted by atomic mass is 10.1. The van der Waals surface area contributed by atoms with Crippen LogP contribution in [0.3, 0.4) is 0 Å². The van der Waals surface area contributed by atoms with Gasteiger partial charge in [-0.05, 0) is 51.0 Å². The summed E-state index contributed by atoms with van der Waals surface area (Å²) in [6, 6.07) is 10.7. The van der Waals surface area contributed by atoms with Crippen molar-refractivity contribution in [3.8, 4) is 0 Å². The highest BCUT2D eigenvalue weighted by atomic mass is 35.5. The third kappa shape index (κ3) is 5.23. The van der Waals surface area contributed by atoms with E-state index < -0.39 is 0 Å². The predicted octanol–water partition coefficient (Wildman–Crippen LogP) is 5.51. The fourth-order valence-electron chi connectivity index (χ4n) is 2.93. The summed E-state index contributed by atoms with van der Waals surface area (Å²) in [6.45, 7) is 10.2. The van der Waals surface area contributed by atoms with E-state index in [0.29, 0.717) is 5.02 Å². The summed E-state index contributed by atoms with van der Waals surface area (Å²) < 4.78 is 0. The standard InChI is InChI=1S/C21H28ClN3/c1-7-24(5)14-23-20-11-17(4)21(12-19(20)22)25(6)13-18-9-15(2)8-16(3)10-18/h8-12,14H,7,13H2,1-6H3. The first-order valence-corrected chi connectivity index (χ1v) is 9.00. The van der Waals surface area contributed by atoms with Gasteiger partial charge < -0.3 is 9.80 Å². The Bertz CT molecular complexity index is 748. The van der Waals surface area contributed by atoms with Gasteiger partial charge in [-0.2, -0.15) is 0 Å². The Kier molecular flexibility index (Phi) is 6.49. The van der Waals surface area contributed by atoms with Gasteiger partial charge in [0, 0.05) is 32.9 Å². The average molecular weight is 358 g/mol. The van der Waals surface area contributed by atoms with Crippen LogP contribution < -0.4 is 4.90 Å². The van der Waals surface area contributed by atoms with Crippen molar-refractivity contribution in [2.75, 3.05) is 25.5 Å². The third-order valence-electron chi connectivity index (χ3n) is 4.27. The van der Waals surface area contributed by atoms with Crippen LogP contribution in [0.1, 0.15) is 29.2 Å². The molecular weight excluding hydrogens is 330 g/mol. The molecule has 0 fully saturated rings. The van der Waals surface area contributed by atoms with Crippen LogP contribution in [-0.2, 0) is 6.54 Å². The third-order valence-corrected chi connectivity index (χ3v) is 4.57. The SMILES string of the molecule is CCN(C)C=Nc1cc(C)c(N(C)Cc2cc(C)cc(C)c2)cc1Cl. The first-order valence-electron chi connectivity index (χ1n) is 8.63. The van der Waals surface area contributed by atoms with E-state index in [0.717, 1.165) is 24.5 Å². The van der Waals surface area contributed by atoms with E-state index in [2.05, 4.69) is 68.9 Å². The Hall–Kier alpha value is -2.00. The molecule has 0 bridgehead atoms. The molecular formula is C21H28ClN3. The van der Waals surface area contributed by atoms with Gasteiger partial charge >= 0.3 is 0 Å². The van der Waals surface area contributed by atoms with Crippen molar-refractivity contribution < 1.29 is 0 Å². The monoisotopic (exact) mass is 357 g/mol. The van der Waals surface area contributed by atoms with Crippen molar-refractivity contribution in [2.24, 2.45) is 4.99 Å². The highest BCUT2D eigenvalue weighted by Crippen LogP contribution is 2.33. The largest absolute Gasteiger partial charge is 0.370 e. The fraction of sp³-hybridized carbons (Fsp3) is 0.381. The van der Waals surface area contributed by atoms with Crippen LogP contribution in [0.2, 0.25) is 5.02 Å². The number of aryl methyl sites for hydroxylation is 3. The van der Waals surface area contributed by atoms with Crippen LogP contribution in [0.5, 0.6) is 0 Å². The molecule has 0 aliphatic heterocycles. The molecule has 0 heterocycles. The summed E-state index contributed by atoms with van der Waals surface area (Å²) >= 11 is 6.47. The maximum atomic E-state index is 6.47. The summed E-state index contributed by atoms with van der Waals surface area (Å²) in [7, 11) is 4.10. The second-order valence-electron chi connectivity index (χ2n) is 6.76. The van der Waals surface area contributed by atoms with Gasteiger partial charge in [-0.3, -0.25) is 0 Å². The Morgan fingerprint density at radius 2 is 1.64 bits per heavy atom. The number of rotatable bonds is 6. The average Bonchev–Trinajstić information content (AvgIpc) is 2.53. The highest BCUT2D eigenvalue weighted by Gasteiger charge is 2.10. The fourth-order valence-corrected chi connectivity index (χ4v) is 3.13. The zero-order chi connectivity index (χ0) is 18.6. The van der Waals surface area contributed by atoms with Gasteiger partial charge in [-0.1, -0.05) is 40.9 Å². The zero-order valence-electron chi connectivity index (χ0n) is 16.1. The minimum absolute atomic E-state index is 0.675. The normalized spacial score (nSPS) is 11.2. The number of aliphatic imine (C=N–C) groups is 1. The van der Waals surface area contributed by atoms with Gasteiger partial charge in [-0.25, -0.2) is 4.99 Å². The molecule has 25 heavy (non-hydrogen) atoms. The van der Waals surface area contributed by atoms with Crippen LogP contribution in [0.25, 0.3) is 0 Å². The van der Waals surface area contributed by atoms with Crippen LogP contribution in [-0.4, -0.2) is 31.9 Å². The maximum Gasteiger partial charge on any atom is 0.0910 e. The Balaban J connectivity index is 2.24. The molecule has 134 valence electrons. The second kappa shape index (κ2) is 8.39. The molecule has 0 saturated carbocycles. The van der Waals surface area contributed by atoms with Crippen molar-refractivity contribution in [1.82, 2.24) is 4.90 Å². The molecule has 0 N–H and O–H groups in total. The molecule has 0 saturated heterocycles. The van der Waals surface area contributed by atoms with Gasteiger partial charge in [0.05, 0.1) is 17.0 Å². The number of anilines is 1. The van der Waals surface area contributed by atoms with Gasteiger partial charge in [-0.15, -0.1) is 0 Å². The van der Waals surface area contributed by atoms with Gasteiger partial charge in [0.2, 0.25) is 0 Å². The smallest absolute Gasteiger partial charge is 0.0910 e. The molecule has 0 radical (unpaired) electrons. The van der Waals surface area contributed by atoms with E-state index >= 15 is 0 Å². The lowest BCUT2D eigenvalue weighted by Crippen LogP contribution is -2.17. The lowest BCUT2D eigenvalue weighted by Gasteiger charge is -2.23. The molecule has 2 aromatic rings. The number of nitrogens with zero attached hydrogens (tertiary/aromatic N) is 3. The Morgan fingerprint density at radius 3 is 2.24 bits per heavy atom. The van der Waals surface area contributed by atoms with E-state index in [1.54, 1.807) is 0 Å². The summed E-state index contributed by atoms with van der Waals surface area (Å²) in [5.74, 6) is 0. The van der Waals surface area contributed by atoms with E-state index in [9.17, 15) is 0 Å². The quantitative estimate of drug-likeness (QED) is 0.501. The van der Waals surface area contributed by atoms with Crippen LogP contribution in [0.4, 0.5) is 11.4 Å². The van der Waals surface area contributed by atoms with E-state index in [4.69, 9.17) is 11.6 Å². The van der Waals surface area contributed by atoms with E-state index in [-0.39, 0.29) is 0 Å². The van der Waals surface area contributed by atoms with Gasteiger partial charge in [0.25, 0.3) is 0 Å². The van der Waals surface area contributed by atoms with Gasteiger partial charge in [0.15, 0.2) is 0 Å². The van der Waals surface area contributed by atoms with Crippen molar-refractivity contribution in [3.63, 3.8) is 0 Å². The number of halogens is 1. The van der Waals surface area contributed by atoms with Gasteiger partial charge in [0.1, 0.15) is 0 Å². The van der Waals surface area contributed by atoms with Crippen molar-refractivity contribution >= 4 is 29.3 Å². The molecule has 0 aromatic heterocycles. The van der Waals surface area contributed by atoms with Crippen LogP contribution in [0.15, 0.2) is 35.3 Å². The van der Waals surface area contributed by atoms with E-state index in [1.165, 1.54) is 22.3 Å². The predicted molar refractivity (Wildman–Crippen MR) is 111 cm³/mol. The highest BCUT2D eigenvalue weighted by molar-refractivity contribution is 6.33. The molecule has 2 aromatic carbocycles.